The number of likely N-dealkylation sites (tertiary alicyclic amines) is 1. The normalized spacial score (nSPS) is 26.8. The van der Waals surface area contributed by atoms with Crippen LogP contribution in [0.1, 0.15) is 70.5 Å². The number of amidine groups is 1. The van der Waals surface area contributed by atoms with E-state index < -0.39 is 35.2 Å². The first-order valence-electron chi connectivity index (χ1n) is 17.3. The quantitative estimate of drug-likeness (QED) is 0.298. The maximum Gasteiger partial charge on any atom is 0.471 e. The van der Waals surface area contributed by atoms with Gasteiger partial charge in [0.1, 0.15) is 27.4 Å². The molecule has 4 aliphatic heterocycles. The molecule has 4 atom stereocenters. The van der Waals surface area contributed by atoms with Crippen molar-refractivity contribution in [2.45, 2.75) is 88.8 Å². The van der Waals surface area contributed by atoms with Crippen LogP contribution in [0.5, 0.6) is 5.75 Å². The molecule has 1 aromatic heterocycles. The monoisotopic (exact) mass is 778 g/mol. The molecule has 0 radical (unpaired) electrons. The maximum atomic E-state index is 14.8. The minimum absolute atomic E-state index is 0.0181. The Morgan fingerprint density at radius 3 is 2.42 bits per heavy atom. The summed E-state index contributed by atoms with van der Waals surface area (Å²) in [5.74, 6) is -2.10. The van der Waals surface area contributed by atoms with Crippen LogP contribution in [-0.2, 0) is 19.9 Å². The zero-order chi connectivity index (χ0) is 37.5. The number of aliphatic imine (C=N–C) groups is 1. The Labute approximate surface area is 314 Å². The van der Waals surface area contributed by atoms with E-state index in [0.29, 0.717) is 51.7 Å². The van der Waals surface area contributed by atoms with Crippen LogP contribution < -0.4 is 4.74 Å². The van der Waals surface area contributed by atoms with Gasteiger partial charge < -0.3 is 24.3 Å². The lowest BCUT2D eigenvalue weighted by Gasteiger charge is -2.43. The molecule has 2 aromatic rings. The first-order valence-corrected chi connectivity index (χ1v) is 18.8. The third kappa shape index (κ3) is 6.02. The van der Waals surface area contributed by atoms with E-state index in [4.69, 9.17) is 32.9 Å². The molecule has 1 saturated carbocycles. The molecule has 0 bridgehead atoms. The second-order valence-corrected chi connectivity index (χ2v) is 16.4. The summed E-state index contributed by atoms with van der Waals surface area (Å²) in [7, 11) is 1.55. The van der Waals surface area contributed by atoms with Gasteiger partial charge in [0.2, 0.25) is 5.91 Å². The molecule has 10 nitrogen and oxygen atoms in total. The van der Waals surface area contributed by atoms with Crippen molar-refractivity contribution in [1.29, 1.82) is 0 Å². The van der Waals surface area contributed by atoms with Gasteiger partial charge in [-0.1, -0.05) is 49.2 Å². The molecule has 7 rings (SSSR count). The average Bonchev–Trinajstić information content (AvgIpc) is 3.44. The summed E-state index contributed by atoms with van der Waals surface area (Å²) in [6.45, 7) is 7.74. The molecule has 3 amide bonds. The SMILES string of the molecule is COc1cc(C2N3C(=N[C@@]2(C)c2ccc(Cl)nc2)SC(C(=O)N2[C@H](C)CC[C@H]2C(=O)N2CCN(C(=O)C(F)(F)F)C4(CC4)C2)=C3C(C)C)ccc1Cl. The minimum Gasteiger partial charge on any atom is -0.495 e. The van der Waals surface area contributed by atoms with Gasteiger partial charge >= 0.3 is 12.1 Å². The number of methoxy groups -OCH3 is 1. The molecular formula is C36H39Cl2F3N6O4S. The predicted octanol–water partition coefficient (Wildman–Crippen LogP) is 6.78. The van der Waals surface area contributed by atoms with E-state index in [1.807, 2.05) is 45.9 Å². The van der Waals surface area contributed by atoms with E-state index in [9.17, 15) is 27.6 Å². The fourth-order valence-corrected chi connectivity index (χ4v) is 9.92. The van der Waals surface area contributed by atoms with Crippen LogP contribution in [0.15, 0.2) is 52.1 Å². The van der Waals surface area contributed by atoms with Crippen molar-refractivity contribution in [3.63, 3.8) is 0 Å². The predicted molar refractivity (Wildman–Crippen MR) is 192 cm³/mol. The lowest BCUT2D eigenvalue weighted by atomic mass is 9.81. The number of benzene rings is 1. The van der Waals surface area contributed by atoms with E-state index in [2.05, 4.69) is 9.88 Å². The summed E-state index contributed by atoms with van der Waals surface area (Å²) in [6, 6.07) is 7.70. The van der Waals surface area contributed by atoms with E-state index in [1.54, 1.807) is 35.2 Å². The number of pyridine rings is 1. The van der Waals surface area contributed by atoms with E-state index in [0.717, 1.165) is 21.7 Å². The number of allylic oxidation sites excluding steroid dienone is 1. The van der Waals surface area contributed by atoms with E-state index in [1.165, 1.54) is 11.8 Å². The van der Waals surface area contributed by atoms with Crippen molar-refractivity contribution < 1.29 is 32.3 Å². The lowest BCUT2D eigenvalue weighted by Crippen LogP contribution is -2.62. The molecule has 52 heavy (non-hydrogen) atoms. The number of amides is 3. The van der Waals surface area contributed by atoms with Gasteiger partial charge in [-0.25, -0.2) is 9.98 Å². The van der Waals surface area contributed by atoms with E-state index >= 15 is 0 Å². The largest absolute Gasteiger partial charge is 0.495 e. The number of halogens is 5. The van der Waals surface area contributed by atoms with Crippen LogP contribution >= 0.6 is 35.0 Å². The molecule has 3 fully saturated rings. The Balaban J connectivity index is 1.22. The highest BCUT2D eigenvalue weighted by Gasteiger charge is 2.60. The van der Waals surface area contributed by atoms with Gasteiger partial charge in [-0.15, -0.1) is 0 Å². The molecule has 1 unspecified atom stereocenters. The number of fused-ring (bicyclic) bond motifs is 1. The highest BCUT2D eigenvalue weighted by Crippen LogP contribution is 2.57. The number of aromatic nitrogens is 1. The number of thioether (sulfide) groups is 1. The Bertz CT molecular complexity index is 1890. The molecule has 5 aliphatic rings. The van der Waals surface area contributed by atoms with Crippen molar-refractivity contribution in [3.05, 3.63) is 68.4 Å². The van der Waals surface area contributed by atoms with Crippen LogP contribution in [-0.4, -0.2) is 98.0 Å². The van der Waals surface area contributed by atoms with Gasteiger partial charge in [-0.3, -0.25) is 14.4 Å². The van der Waals surface area contributed by atoms with Gasteiger partial charge in [0.25, 0.3) is 5.91 Å². The number of nitrogens with zero attached hydrogens (tertiary/aromatic N) is 6. The van der Waals surface area contributed by atoms with Gasteiger partial charge in [0.05, 0.1) is 23.7 Å². The van der Waals surface area contributed by atoms with Crippen LogP contribution in [0.2, 0.25) is 10.2 Å². The highest BCUT2D eigenvalue weighted by molar-refractivity contribution is 8.18. The smallest absolute Gasteiger partial charge is 0.471 e. The summed E-state index contributed by atoms with van der Waals surface area (Å²) in [5.41, 5.74) is 0.562. The van der Waals surface area contributed by atoms with E-state index in [-0.39, 0.29) is 43.4 Å². The molecular weight excluding hydrogens is 740 g/mol. The van der Waals surface area contributed by atoms with Crippen LogP contribution in [0.4, 0.5) is 13.2 Å². The number of piperazine rings is 1. The third-order valence-corrected chi connectivity index (χ3v) is 12.6. The van der Waals surface area contributed by atoms with Gasteiger partial charge in [0.15, 0.2) is 5.17 Å². The number of ether oxygens (including phenoxy) is 1. The topological polar surface area (TPSA) is 98.6 Å². The average molecular weight is 780 g/mol. The Hall–Kier alpha value is -3.49. The molecule has 16 heteroatoms. The van der Waals surface area contributed by atoms with Crippen molar-refractivity contribution in [2.24, 2.45) is 10.9 Å². The Morgan fingerprint density at radius 1 is 1.08 bits per heavy atom. The fraction of sp³-hybridized carbons (Fsp3) is 0.528. The molecule has 278 valence electrons. The van der Waals surface area contributed by atoms with Crippen LogP contribution in [0.25, 0.3) is 0 Å². The number of hydrogen-bond acceptors (Lipinski definition) is 8. The molecule has 2 saturated heterocycles. The first-order chi connectivity index (χ1) is 24.5. The summed E-state index contributed by atoms with van der Waals surface area (Å²) in [5, 5.41) is 1.42. The minimum atomic E-state index is -4.98. The number of rotatable bonds is 6. The maximum absolute atomic E-state index is 14.8. The first kappa shape index (κ1) is 36.9. The number of carbonyl (C=O) groups excluding carboxylic acids is 3. The molecule has 1 spiro atoms. The zero-order valence-corrected chi connectivity index (χ0v) is 31.7. The fourth-order valence-electron chi connectivity index (χ4n) is 8.26. The Morgan fingerprint density at radius 2 is 1.81 bits per heavy atom. The number of carbonyl (C=O) groups is 3. The summed E-state index contributed by atoms with van der Waals surface area (Å²) < 4.78 is 45.7. The van der Waals surface area contributed by atoms with Gasteiger partial charge in [-0.05, 0) is 81.0 Å². The Kier molecular flexibility index (Phi) is 9.30. The summed E-state index contributed by atoms with van der Waals surface area (Å²) in [4.78, 5) is 57.5. The highest BCUT2D eigenvalue weighted by atomic mass is 35.5. The van der Waals surface area contributed by atoms with Crippen molar-refractivity contribution in [3.8, 4) is 5.75 Å². The number of hydrogen-bond donors (Lipinski definition) is 0. The second-order valence-electron chi connectivity index (χ2n) is 14.6. The second kappa shape index (κ2) is 13.1. The van der Waals surface area contributed by atoms with Crippen LogP contribution in [0.3, 0.4) is 0 Å². The summed E-state index contributed by atoms with van der Waals surface area (Å²) >= 11 is 13.9. The van der Waals surface area contributed by atoms with Crippen LogP contribution in [0, 0.1) is 5.92 Å². The number of alkyl halides is 3. The molecule has 0 N–H and O–H groups in total. The molecule has 1 aliphatic carbocycles. The molecule has 5 heterocycles. The van der Waals surface area contributed by atoms with Gasteiger partial charge in [-0.2, -0.15) is 13.2 Å². The molecule has 1 aromatic carbocycles. The van der Waals surface area contributed by atoms with Crippen molar-refractivity contribution in [2.75, 3.05) is 26.7 Å². The third-order valence-electron chi connectivity index (χ3n) is 11.0. The standard InChI is InChI=1S/C36H39Cl2F3N6O4S/c1-19(2)27-28(31(49)46-20(3)6-10-24(46)30(48)44-14-15-45(32(50)36(39,40)41)35(18-44)12-13-35)52-33-43-34(4,22-8-11-26(38)42-17-22)29(47(27)33)21-7-9-23(37)25(16-21)51-5/h7-9,11,16-17,19-20,24,29H,6,10,12-15,18H2,1-5H3/t20-,24+,29?,34+/m1/s1. The van der Waals surface area contributed by atoms with Gasteiger partial charge in [0, 0.05) is 43.1 Å². The summed E-state index contributed by atoms with van der Waals surface area (Å²) in [6.07, 6.45) is -1.46. The lowest BCUT2D eigenvalue weighted by molar-refractivity contribution is -0.191. The zero-order valence-electron chi connectivity index (χ0n) is 29.3. The van der Waals surface area contributed by atoms with Crippen molar-refractivity contribution in [1.82, 2.24) is 24.6 Å². The van der Waals surface area contributed by atoms with Crippen molar-refractivity contribution >= 4 is 57.9 Å².